The van der Waals surface area contributed by atoms with Crippen LogP contribution in [-0.4, -0.2) is 13.4 Å². The first-order valence-electron chi connectivity index (χ1n) is 8.86. The van der Waals surface area contributed by atoms with Crippen LogP contribution in [0.15, 0.2) is 58.9 Å². The predicted octanol–water partition coefficient (Wildman–Crippen LogP) is 5.47. The quantitative estimate of drug-likeness (QED) is 0.533. The molecule has 4 rings (SSSR count). The van der Waals surface area contributed by atoms with Gasteiger partial charge in [0, 0.05) is 11.6 Å². The van der Waals surface area contributed by atoms with Crippen molar-refractivity contribution in [2.45, 2.75) is 29.5 Å². The molecule has 1 aromatic heterocycles. The van der Waals surface area contributed by atoms with Crippen molar-refractivity contribution >= 4 is 38.5 Å². The Morgan fingerprint density at radius 3 is 2.64 bits per heavy atom. The van der Waals surface area contributed by atoms with E-state index in [0.29, 0.717) is 16.6 Å². The minimum atomic E-state index is -3.88. The monoisotopic (exact) mass is 436 g/mol. The normalized spacial score (nSPS) is 15.4. The van der Waals surface area contributed by atoms with E-state index in [2.05, 4.69) is 10.3 Å². The number of rotatable bonds is 7. The maximum absolute atomic E-state index is 14.7. The fourth-order valence-corrected chi connectivity index (χ4v) is 5.80. The van der Waals surface area contributed by atoms with Crippen molar-refractivity contribution in [2.75, 3.05) is 5.32 Å². The highest BCUT2D eigenvalue weighted by Gasteiger charge is 2.33. The molecule has 1 heterocycles. The fourth-order valence-electron chi connectivity index (χ4n) is 3.17. The Hall–Kier alpha value is -1.96. The Bertz CT molecular complexity index is 1070. The van der Waals surface area contributed by atoms with Gasteiger partial charge in [-0.25, -0.2) is 17.8 Å². The molecule has 1 N–H and O–H groups in total. The molecule has 3 aromatic rings. The van der Waals surface area contributed by atoms with Gasteiger partial charge in [-0.1, -0.05) is 41.9 Å². The van der Waals surface area contributed by atoms with Crippen molar-refractivity contribution in [1.29, 1.82) is 0 Å². The number of thiazole rings is 1. The van der Waals surface area contributed by atoms with Crippen LogP contribution in [0.5, 0.6) is 0 Å². The lowest BCUT2D eigenvalue weighted by Gasteiger charge is -2.21. The van der Waals surface area contributed by atoms with E-state index in [-0.39, 0.29) is 16.8 Å². The summed E-state index contributed by atoms with van der Waals surface area (Å²) < 4.78 is 39.9. The Kier molecular flexibility index (Phi) is 5.40. The molecule has 1 aliphatic carbocycles. The molecule has 28 heavy (non-hydrogen) atoms. The molecule has 0 bridgehead atoms. The number of anilines is 1. The standard InChI is InChI=1S/C20H18ClFN2O2S2/c21-15-10-18(28(25,26)12-19-23-8-9-27-19)16(22)11-17(15)24-20(14-6-7-14)13-4-2-1-3-5-13/h1-5,8-11,14,20,24H,6-7,12H2. The molecular formula is C20H18ClFN2O2S2. The SMILES string of the molecule is O=S(=O)(Cc1nccs1)c1cc(Cl)c(NC(c2ccccc2)C2CC2)cc1F. The Morgan fingerprint density at radius 1 is 1.25 bits per heavy atom. The van der Waals surface area contributed by atoms with E-state index in [1.165, 1.54) is 29.7 Å². The number of nitrogens with zero attached hydrogens (tertiary/aromatic N) is 1. The van der Waals surface area contributed by atoms with Gasteiger partial charge in [0.25, 0.3) is 0 Å². The molecule has 4 nitrogen and oxygen atoms in total. The van der Waals surface area contributed by atoms with Gasteiger partial charge >= 0.3 is 0 Å². The average Bonchev–Trinajstić information content (AvgIpc) is 3.39. The maximum Gasteiger partial charge on any atom is 0.187 e. The highest BCUT2D eigenvalue weighted by molar-refractivity contribution is 7.90. The first kappa shape index (κ1) is 19.4. The Balaban J connectivity index is 1.62. The van der Waals surface area contributed by atoms with Crippen LogP contribution in [-0.2, 0) is 15.6 Å². The van der Waals surface area contributed by atoms with Gasteiger partial charge in [0.15, 0.2) is 9.84 Å². The lowest BCUT2D eigenvalue weighted by molar-refractivity contribution is 0.566. The lowest BCUT2D eigenvalue weighted by atomic mass is 10.0. The van der Waals surface area contributed by atoms with Crippen LogP contribution in [0.3, 0.4) is 0 Å². The number of sulfone groups is 1. The van der Waals surface area contributed by atoms with E-state index in [9.17, 15) is 12.8 Å². The maximum atomic E-state index is 14.7. The van der Waals surface area contributed by atoms with Gasteiger partial charge in [0.05, 0.1) is 16.8 Å². The van der Waals surface area contributed by atoms with Crippen molar-refractivity contribution in [1.82, 2.24) is 4.98 Å². The van der Waals surface area contributed by atoms with Crippen LogP contribution in [0.2, 0.25) is 5.02 Å². The third-order valence-corrected chi connectivity index (χ3v) is 7.63. The van der Waals surface area contributed by atoms with Gasteiger partial charge in [-0.2, -0.15) is 0 Å². The molecule has 0 spiro atoms. The summed E-state index contributed by atoms with van der Waals surface area (Å²) >= 11 is 7.56. The van der Waals surface area contributed by atoms with Gasteiger partial charge in [-0.15, -0.1) is 11.3 Å². The average molecular weight is 437 g/mol. The number of nitrogens with one attached hydrogen (secondary N) is 1. The van der Waals surface area contributed by atoms with Crippen LogP contribution in [0.25, 0.3) is 0 Å². The number of halogens is 2. The molecule has 0 radical (unpaired) electrons. The molecular weight excluding hydrogens is 419 g/mol. The summed E-state index contributed by atoms with van der Waals surface area (Å²) in [5.41, 5.74) is 1.50. The van der Waals surface area contributed by atoms with Crippen molar-refractivity contribution in [3.63, 3.8) is 0 Å². The summed E-state index contributed by atoms with van der Waals surface area (Å²) in [7, 11) is -3.88. The lowest BCUT2D eigenvalue weighted by Crippen LogP contribution is -2.14. The van der Waals surface area contributed by atoms with Crippen LogP contribution in [0.1, 0.15) is 29.5 Å². The van der Waals surface area contributed by atoms with E-state index in [1.807, 2.05) is 30.3 Å². The molecule has 1 fully saturated rings. The summed E-state index contributed by atoms with van der Waals surface area (Å²) in [6, 6.07) is 12.3. The van der Waals surface area contributed by atoms with Crippen LogP contribution in [0, 0.1) is 11.7 Å². The van der Waals surface area contributed by atoms with Crippen LogP contribution in [0.4, 0.5) is 10.1 Å². The first-order chi connectivity index (χ1) is 13.4. The smallest absolute Gasteiger partial charge is 0.187 e. The molecule has 0 aliphatic heterocycles. The minimum Gasteiger partial charge on any atom is -0.377 e. The Morgan fingerprint density at radius 2 is 2.00 bits per heavy atom. The van der Waals surface area contributed by atoms with Gasteiger partial charge in [-0.05, 0) is 36.5 Å². The van der Waals surface area contributed by atoms with Crippen LogP contribution < -0.4 is 5.32 Å². The van der Waals surface area contributed by atoms with Gasteiger partial charge in [-0.3, -0.25) is 0 Å². The van der Waals surface area contributed by atoms with Gasteiger partial charge in [0.1, 0.15) is 21.5 Å². The Labute approximate surface area is 172 Å². The highest BCUT2D eigenvalue weighted by atomic mass is 35.5. The topological polar surface area (TPSA) is 59.1 Å². The number of hydrogen-bond acceptors (Lipinski definition) is 5. The molecule has 1 saturated carbocycles. The molecule has 2 aromatic carbocycles. The zero-order chi connectivity index (χ0) is 19.7. The molecule has 0 saturated heterocycles. The minimum absolute atomic E-state index is 0.0101. The van der Waals surface area contributed by atoms with Crippen molar-refractivity contribution < 1.29 is 12.8 Å². The third-order valence-electron chi connectivity index (χ3n) is 4.72. The fraction of sp³-hybridized carbons (Fsp3) is 0.250. The zero-order valence-corrected chi connectivity index (χ0v) is 17.2. The van der Waals surface area contributed by atoms with E-state index in [1.54, 1.807) is 5.38 Å². The van der Waals surface area contributed by atoms with Crippen molar-refractivity contribution in [3.8, 4) is 0 Å². The highest BCUT2D eigenvalue weighted by Crippen LogP contribution is 2.44. The van der Waals surface area contributed by atoms with Crippen LogP contribution >= 0.6 is 22.9 Å². The summed E-state index contributed by atoms with van der Waals surface area (Å²) in [5.74, 6) is -0.708. The largest absolute Gasteiger partial charge is 0.377 e. The summed E-state index contributed by atoms with van der Waals surface area (Å²) in [6.45, 7) is 0. The summed E-state index contributed by atoms with van der Waals surface area (Å²) in [5, 5.41) is 5.59. The molecule has 0 amide bonds. The van der Waals surface area contributed by atoms with Crippen molar-refractivity contribution in [2.24, 2.45) is 5.92 Å². The first-order valence-corrected chi connectivity index (χ1v) is 11.8. The van der Waals surface area contributed by atoms with E-state index in [4.69, 9.17) is 11.6 Å². The summed E-state index contributed by atoms with van der Waals surface area (Å²) in [4.78, 5) is 3.57. The molecule has 146 valence electrons. The third kappa shape index (κ3) is 4.21. The van der Waals surface area contributed by atoms with Gasteiger partial charge in [0.2, 0.25) is 0 Å². The zero-order valence-electron chi connectivity index (χ0n) is 14.8. The van der Waals surface area contributed by atoms with Crippen molar-refractivity contribution in [3.05, 3.63) is 75.5 Å². The predicted molar refractivity (Wildman–Crippen MR) is 110 cm³/mol. The molecule has 8 heteroatoms. The number of benzene rings is 2. The van der Waals surface area contributed by atoms with E-state index < -0.39 is 20.5 Å². The summed E-state index contributed by atoms with van der Waals surface area (Å²) in [6.07, 6.45) is 3.70. The number of aromatic nitrogens is 1. The molecule has 1 atom stereocenters. The second-order valence-corrected chi connectivity index (χ2v) is 10.2. The second-order valence-electron chi connectivity index (χ2n) is 6.82. The van der Waals surface area contributed by atoms with Gasteiger partial charge < -0.3 is 5.32 Å². The van der Waals surface area contributed by atoms with E-state index >= 15 is 0 Å². The second kappa shape index (κ2) is 7.81. The number of hydrogen-bond donors (Lipinski definition) is 1. The molecule has 1 unspecified atom stereocenters. The molecule has 1 aliphatic rings. The van der Waals surface area contributed by atoms with E-state index in [0.717, 1.165) is 18.4 Å².